The Morgan fingerprint density at radius 2 is 1.89 bits per heavy atom. The SMILES string of the molecule is CNCC1(C(c2ccc(Br)cc2)N(C)C)CCC1. The number of nitrogens with one attached hydrogen (secondary N) is 1. The Morgan fingerprint density at radius 1 is 1.28 bits per heavy atom. The fourth-order valence-corrected chi connectivity index (χ4v) is 3.64. The molecular weight excluding hydrogens is 288 g/mol. The fraction of sp³-hybridized carbons (Fsp3) is 0.600. The maximum absolute atomic E-state index is 3.52. The Balaban J connectivity index is 2.30. The summed E-state index contributed by atoms with van der Waals surface area (Å²) in [4.78, 5) is 2.37. The van der Waals surface area contributed by atoms with E-state index in [1.54, 1.807) is 0 Å². The predicted molar refractivity (Wildman–Crippen MR) is 80.8 cm³/mol. The van der Waals surface area contributed by atoms with Crippen LogP contribution >= 0.6 is 15.9 Å². The van der Waals surface area contributed by atoms with Crippen molar-refractivity contribution in [3.05, 3.63) is 34.3 Å². The Morgan fingerprint density at radius 3 is 2.28 bits per heavy atom. The summed E-state index contributed by atoms with van der Waals surface area (Å²) < 4.78 is 1.15. The summed E-state index contributed by atoms with van der Waals surface area (Å²) in [6.45, 7) is 1.10. The average molecular weight is 311 g/mol. The summed E-state index contributed by atoms with van der Waals surface area (Å²) in [5, 5.41) is 3.39. The second-order valence-electron chi connectivity index (χ2n) is 5.66. The molecule has 1 fully saturated rings. The molecule has 100 valence electrons. The van der Waals surface area contributed by atoms with Gasteiger partial charge in [0.25, 0.3) is 0 Å². The van der Waals surface area contributed by atoms with Crippen LogP contribution in [0.4, 0.5) is 0 Å². The van der Waals surface area contributed by atoms with Crippen LogP contribution in [0.15, 0.2) is 28.7 Å². The van der Waals surface area contributed by atoms with Crippen LogP contribution in [0.25, 0.3) is 0 Å². The molecule has 1 saturated carbocycles. The highest BCUT2D eigenvalue weighted by Gasteiger charge is 2.45. The third kappa shape index (κ3) is 2.63. The molecule has 1 aliphatic carbocycles. The van der Waals surface area contributed by atoms with Gasteiger partial charge in [-0.3, -0.25) is 0 Å². The predicted octanol–water partition coefficient (Wildman–Crippen LogP) is 3.44. The van der Waals surface area contributed by atoms with Crippen LogP contribution in [0, 0.1) is 5.41 Å². The summed E-state index contributed by atoms with van der Waals surface area (Å²) in [6.07, 6.45) is 4.02. The van der Waals surface area contributed by atoms with Crippen molar-refractivity contribution in [3.8, 4) is 0 Å². The van der Waals surface area contributed by atoms with Gasteiger partial charge in [-0.1, -0.05) is 34.5 Å². The van der Waals surface area contributed by atoms with Gasteiger partial charge < -0.3 is 10.2 Å². The zero-order valence-electron chi connectivity index (χ0n) is 11.5. The van der Waals surface area contributed by atoms with Gasteiger partial charge in [0.2, 0.25) is 0 Å². The minimum Gasteiger partial charge on any atom is -0.319 e. The molecule has 0 radical (unpaired) electrons. The Hall–Kier alpha value is -0.380. The quantitative estimate of drug-likeness (QED) is 0.896. The molecule has 0 spiro atoms. The van der Waals surface area contributed by atoms with Crippen molar-refractivity contribution in [2.45, 2.75) is 25.3 Å². The van der Waals surface area contributed by atoms with Gasteiger partial charge in [-0.05, 0) is 51.7 Å². The van der Waals surface area contributed by atoms with Gasteiger partial charge in [0.05, 0.1) is 0 Å². The summed E-state index contributed by atoms with van der Waals surface area (Å²) in [6, 6.07) is 9.32. The first-order valence-corrected chi connectivity index (χ1v) is 7.45. The monoisotopic (exact) mass is 310 g/mol. The highest BCUT2D eigenvalue weighted by atomic mass is 79.9. The van der Waals surface area contributed by atoms with Crippen LogP contribution in [-0.4, -0.2) is 32.6 Å². The zero-order valence-corrected chi connectivity index (χ0v) is 13.1. The molecule has 1 aromatic carbocycles. The largest absolute Gasteiger partial charge is 0.319 e. The molecule has 1 N–H and O–H groups in total. The minimum atomic E-state index is 0.409. The summed E-state index contributed by atoms with van der Waals surface area (Å²) in [7, 11) is 6.46. The van der Waals surface area contributed by atoms with E-state index < -0.39 is 0 Å². The lowest BCUT2D eigenvalue weighted by molar-refractivity contribution is 0.0216. The molecule has 1 atom stereocenters. The van der Waals surface area contributed by atoms with Crippen LogP contribution in [-0.2, 0) is 0 Å². The molecule has 1 aromatic rings. The number of nitrogens with zero attached hydrogens (tertiary/aromatic N) is 1. The first kappa shape index (κ1) is 14.0. The molecule has 0 aliphatic heterocycles. The van der Waals surface area contributed by atoms with Crippen molar-refractivity contribution < 1.29 is 0 Å². The minimum absolute atomic E-state index is 0.409. The number of benzene rings is 1. The van der Waals surface area contributed by atoms with Crippen LogP contribution in [0.3, 0.4) is 0 Å². The van der Waals surface area contributed by atoms with E-state index >= 15 is 0 Å². The van der Waals surface area contributed by atoms with Crippen LogP contribution in [0.2, 0.25) is 0 Å². The molecular formula is C15H23BrN2. The van der Waals surface area contributed by atoms with Gasteiger partial charge in [0.1, 0.15) is 0 Å². The molecule has 2 nitrogen and oxygen atoms in total. The summed E-state index contributed by atoms with van der Waals surface area (Å²) >= 11 is 3.52. The van der Waals surface area contributed by atoms with Gasteiger partial charge >= 0.3 is 0 Å². The van der Waals surface area contributed by atoms with Gasteiger partial charge in [0, 0.05) is 22.5 Å². The lowest BCUT2D eigenvalue weighted by atomic mass is 9.62. The first-order valence-electron chi connectivity index (χ1n) is 6.65. The van der Waals surface area contributed by atoms with E-state index in [9.17, 15) is 0 Å². The topological polar surface area (TPSA) is 15.3 Å². The van der Waals surface area contributed by atoms with Gasteiger partial charge in [-0.25, -0.2) is 0 Å². The fourth-order valence-electron chi connectivity index (χ4n) is 3.37. The summed E-state index contributed by atoms with van der Waals surface area (Å²) in [5.41, 5.74) is 1.84. The normalized spacial score (nSPS) is 19.6. The zero-order chi connectivity index (χ0) is 13.2. The molecule has 0 saturated heterocycles. The molecule has 0 heterocycles. The highest BCUT2D eigenvalue weighted by molar-refractivity contribution is 9.10. The van der Waals surface area contributed by atoms with E-state index in [4.69, 9.17) is 0 Å². The van der Waals surface area contributed by atoms with Crippen molar-refractivity contribution in [3.63, 3.8) is 0 Å². The number of halogens is 1. The second-order valence-corrected chi connectivity index (χ2v) is 6.58. The van der Waals surface area contributed by atoms with E-state index in [0.717, 1.165) is 11.0 Å². The van der Waals surface area contributed by atoms with Crippen molar-refractivity contribution in [1.29, 1.82) is 0 Å². The Bertz CT molecular complexity index is 382. The van der Waals surface area contributed by atoms with E-state index in [0.29, 0.717) is 11.5 Å². The Labute approximate surface area is 119 Å². The number of hydrogen-bond donors (Lipinski definition) is 1. The first-order chi connectivity index (χ1) is 8.59. The lowest BCUT2D eigenvalue weighted by Gasteiger charge is -2.50. The number of rotatable bonds is 5. The highest BCUT2D eigenvalue weighted by Crippen LogP contribution is 2.51. The maximum Gasteiger partial charge on any atom is 0.0410 e. The van der Waals surface area contributed by atoms with Crippen LogP contribution < -0.4 is 5.32 Å². The smallest absolute Gasteiger partial charge is 0.0410 e. The second kappa shape index (κ2) is 5.72. The standard InChI is InChI=1S/C15H23BrN2/c1-17-11-15(9-4-10-15)14(18(2)3)12-5-7-13(16)8-6-12/h5-8,14,17H,4,9-11H2,1-3H3. The molecule has 3 heteroatoms. The van der Waals surface area contributed by atoms with E-state index in [2.05, 4.69) is 71.6 Å². The molecule has 0 amide bonds. The van der Waals surface area contributed by atoms with Crippen molar-refractivity contribution >= 4 is 15.9 Å². The summed E-state index contributed by atoms with van der Waals surface area (Å²) in [5.74, 6) is 0. The molecule has 2 rings (SSSR count). The molecule has 1 aliphatic rings. The van der Waals surface area contributed by atoms with Crippen molar-refractivity contribution in [1.82, 2.24) is 10.2 Å². The number of hydrogen-bond acceptors (Lipinski definition) is 2. The third-order valence-electron chi connectivity index (χ3n) is 4.16. The van der Waals surface area contributed by atoms with Crippen molar-refractivity contribution in [2.75, 3.05) is 27.7 Å². The molecule has 18 heavy (non-hydrogen) atoms. The maximum atomic E-state index is 3.52. The average Bonchev–Trinajstić information content (AvgIpc) is 2.28. The third-order valence-corrected chi connectivity index (χ3v) is 4.69. The van der Waals surface area contributed by atoms with Crippen LogP contribution in [0.1, 0.15) is 30.9 Å². The van der Waals surface area contributed by atoms with E-state index in [1.807, 2.05) is 0 Å². The van der Waals surface area contributed by atoms with Gasteiger partial charge in [-0.15, -0.1) is 0 Å². The van der Waals surface area contributed by atoms with Gasteiger partial charge in [-0.2, -0.15) is 0 Å². The molecule has 0 bridgehead atoms. The van der Waals surface area contributed by atoms with Gasteiger partial charge in [0.15, 0.2) is 0 Å². The van der Waals surface area contributed by atoms with Crippen LogP contribution in [0.5, 0.6) is 0 Å². The molecule has 1 unspecified atom stereocenters. The van der Waals surface area contributed by atoms with E-state index in [1.165, 1.54) is 24.8 Å². The molecule has 0 aromatic heterocycles. The van der Waals surface area contributed by atoms with Crippen molar-refractivity contribution in [2.24, 2.45) is 5.41 Å². The Kier molecular flexibility index (Phi) is 4.46. The lowest BCUT2D eigenvalue weighted by Crippen LogP contribution is -2.48. The van der Waals surface area contributed by atoms with E-state index in [-0.39, 0.29) is 0 Å².